The lowest BCUT2D eigenvalue weighted by Gasteiger charge is -2.10. The molecule has 2 aromatic rings. The minimum atomic E-state index is 0.0386. The molecule has 5 heteroatoms. The van der Waals surface area contributed by atoms with Gasteiger partial charge in [-0.1, -0.05) is 16.8 Å². The average Bonchev–Trinajstić information content (AvgIpc) is 2.49. The predicted molar refractivity (Wildman–Crippen MR) is 82.9 cm³/mol. The van der Waals surface area contributed by atoms with E-state index in [1.54, 1.807) is 24.3 Å². The summed E-state index contributed by atoms with van der Waals surface area (Å²) in [6.07, 6.45) is 0.141. The first kappa shape index (κ1) is 15.2. The molecule has 0 radical (unpaired) electrons. The molecule has 0 aliphatic rings. The van der Waals surface area contributed by atoms with Crippen molar-refractivity contribution in [3.05, 3.63) is 54.1 Å². The second kappa shape index (κ2) is 6.99. The number of halogens is 1. The van der Waals surface area contributed by atoms with Crippen LogP contribution in [-0.4, -0.2) is 16.5 Å². The van der Waals surface area contributed by atoms with Gasteiger partial charge in [-0.2, -0.15) is 0 Å². The minimum absolute atomic E-state index is 0.0386. The Morgan fingerprint density at radius 2 is 1.43 bits per heavy atom. The number of oxime groups is 1. The fraction of sp³-hybridized carbons (Fsp3) is 0.188. The molecule has 1 N–H and O–H groups in total. The molecule has 0 saturated carbocycles. The van der Waals surface area contributed by atoms with Gasteiger partial charge in [-0.25, -0.2) is 0 Å². The van der Waals surface area contributed by atoms with Gasteiger partial charge in [0.15, 0.2) is 5.17 Å². The standard InChI is InChI=1S/C16H16ClNO3/c1-11(2)20-13-7-9-15(10-8-13)21-14-5-3-12(4-6-14)16(17)18-19/h3-11,19H,1-2H3. The zero-order valence-corrected chi connectivity index (χ0v) is 12.5. The molecule has 2 rings (SSSR count). The highest BCUT2D eigenvalue weighted by Gasteiger charge is 2.03. The fourth-order valence-corrected chi connectivity index (χ4v) is 1.84. The van der Waals surface area contributed by atoms with Crippen LogP contribution < -0.4 is 9.47 Å². The van der Waals surface area contributed by atoms with Crippen molar-refractivity contribution in [2.75, 3.05) is 0 Å². The zero-order valence-electron chi connectivity index (χ0n) is 11.8. The molecule has 0 aliphatic carbocycles. The number of nitrogens with zero attached hydrogens (tertiary/aromatic N) is 1. The normalized spacial score (nSPS) is 11.5. The third-order valence-electron chi connectivity index (χ3n) is 2.61. The zero-order chi connectivity index (χ0) is 15.2. The summed E-state index contributed by atoms with van der Waals surface area (Å²) in [5.41, 5.74) is 0.618. The largest absolute Gasteiger partial charge is 0.491 e. The summed E-state index contributed by atoms with van der Waals surface area (Å²) in [6, 6.07) is 14.3. The van der Waals surface area contributed by atoms with Gasteiger partial charge in [0.2, 0.25) is 0 Å². The average molecular weight is 306 g/mol. The maximum Gasteiger partial charge on any atom is 0.175 e. The maximum atomic E-state index is 8.59. The fourth-order valence-electron chi connectivity index (χ4n) is 1.71. The molecular weight excluding hydrogens is 290 g/mol. The van der Waals surface area contributed by atoms with E-state index in [4.69, 9.17) is 26.3 Å². The third kappa shape index (κ3) is 4.39. The Hall–Kier alpha value is -2.20. The molecule has 0 unspecified atom stereocenters. The summed E-state index contributed by atoms with van der Waals surface area (Å²) in [4.78, 5) is 0. The smallest absolute Gasteiger partial charge is 0.175 e. The van der Waals surface area contributed by atoms with Crippen molar-refractivity contribution in [1.29, 1.82) is 0 Å². The molecule has 21 heavy (non-hydrogen) atoms. The second-order valence-electron chi connectivity index (χ2n) is 4.66. The van der Waals surface area contributed by atoms with E-state index in [-0.39, 0.29) is 11.3 Å². The van der Waals surface area contributed by atoms with Gasteiger partial charge in [0.05, 0.1) is 6.10 Å². The molecule has 0 saturated heterocycles. The van der Waals surface area contributed by atoms with Crippen LogP contribution in [0.3, 0.4) is 0 Å². The van der Waals surface area contributed by atoms with E-state index in [0.717, 1.165) is 5.75 Å². The van der Waals surface area contributed by atoms with Crippen molar-refractivity contribution < 1.29 is 14.7 Å². The van der Waals surface area contributed by atoms with Crippen LogP contribution in [0.2, 0.25) is 0 Å². The van der Waals surface area contributed by atoms with Gasteiger partial charge in [-0.15, -0.1) is 0 Å². The van der Waals surface area contributed by atoms with Crippen molar-refractivity contribution in [3.8, 4) is 17.2 Å². The van der Waals surface area contributed by atoms with E-state index in [9.17, 15) is 0 Å². The summed E-state index contributed by atoms with van der Waals surface area (Å²) in [7, 11) is 0. The van der Waals surface area contributed by atoms with Crippen molar-refractivity contribution in [2.45, 2.75) is 20.0 Å². The van der Waals surface area contributed by atoms with Crippen LogP contribution in [0.4, 0.5) is 0 Å². The molecule has 0 atom stereocenters. The molecule has 0 heterocycles. The molecule has 0 bridgehead atoms. The van der Waals surface area contributed by atoms with Gasteiger partial charge in [0.25, 0.3) is 0 Å². The molecule has 4 nitrogen and oxygen atoms in total. The first-order valence-corrected chi connectivity index (χ1v) is 6.89. The lowest BCUT2D eigenvalue weighted by Crippen LogP contribution is -2.05. The van der Waals surface area contributed by atoms with E-state index in [0.29, 0.717) is 17.1 Å². The van der Waals surface area contributed by atoms with Crippen LogP contribution >= 0.6 is 11.6 Å². The van der Waals surface area contributed by atoms with Gasteiger partial charge in [0, 0.05) is 5.56 Å². The van der Waals surface area contributed by atoms with E-state index in [2.05, 4.69) is 5.16 Å². The first-order valence-electron chi connectivity index (χ1n) is 6.51. The van der Waals surface area contributed by atoms with E-state index in [1.165, 1.54) is 0 Å². The SMILES string of the molecule is CC(C)Oc1ccc(Oc2ccc(C(Cl)=NO)cc2)cc1. The van der Waals surface area contributed by atoms with Crippen LogP contribution in [0, 0.1) is 0 Å². The molecule has 0 spiro atoms. The summed E-state index contributed by atoms with van der Waals surface area (Å²) >= 11 is 5.71. The van der Waals surface area contributed by atoms with Crippen LogP contribution in [0.25, 0.3) is 0 Å². The van der Waals surface area contributed by atoms with Gasteiger partial charge in [0.1, 0.15) is 17.2 Å². The minimum Gasteiger partial charge on any atom is -0.491 e. The lowest BCUT2D eigenvalue weighted by molar-refractivity contribution is 0.242. The monoisotopic (exact) mass is 305 g/mol. The van der Waals surface area contributed by atoms with Gasteiger partial charge < -0.3 is 14.7 Å². The van der Waals surface area contributed by atoms with Gasteiger partial charge >= 0.3 is 0 Å². The highest BCUT2D eigenvalue weighted by atomic mass is 35.5. The van der Waals surface area contributed by atoms with Crippen molar-refractivity contribution in [2.24, 2.45) is 5.16 Å². The molecule has 0 aromatic heterocycles. The van der Waals surface area contributed by atoms with Gasteiger partial charge in [-0.05, 0) is 62.4 Å². The quantitative estimate of drug-likeness (QED) is 0.497. The van der Waals surface area contributed by atoms with Crippen LogP contribution in [-0.2, 0) is 0 Å². The van der Waals surface area contributed by atoms with Crippen LogP contribution in [0.1, 0.15) is 19.4 Å². The van der Waals surface area contributed by atoms with Crippen LogP contribution in [0.5, 0.6) is 17.2 Å². The number of benzene rings is 2. The highest BCUT2D eigenvalue weighted by Crippen LogP contribution is 2.24. The molecule has 0 fully saturated rings. The highest BCUT2D eigenvalue weighted by molar-refractivity contribution is 6.69. The Morgan fingerprint density at radius 3 is 1.90 bits per heavy atom. The predicted octanol–water partition coefficient (Wildman–Crippen LogP) is 4.64. The number of hydrogen-bond donors (Lipinski definition) is 1. The molecule has 0 amide bonds. The van der Waals surface area contributed by atoms with Crippen LogP contribution in [0.15, 0.2) is 53.7 Å². The van der Waals surface area contributed by atoms with E-state index in [1.807, 2.05) is 38.1 Å². The maximum absolute atomic E-state index is 8.59. The first-order chi connectivity index (χ1) is 10.1. The third-order valence-corrected chi connectivity index (χ3v) is 2.91. The number of hydrogen-bond acceptors (Lipinski definition) is 4. The second-order valence-corrected chi connectivity index (χ2v) is 5.01. The Kier molecular flexibility index (Phi) is 5.06. The Bertz CT molecular complexity index is 606. The lowest BCUT2D eigenvalue weighted by atomic mass is 10.2. The topological polar surface area (TPSA) is 51.0 Å². The molecule has 110 valence electrons. The summed E-state index contributed by atoms with van der Waals surface area (Å²) in [6.45, 7) is 3.96. The summed E-state index contributed by atoms with van der Waals surface area (Å²) < 4.78 is 11.3. The Balaban J connectivity index is 2.04. The number of rotatable bonds is 5. The summed E-state index contributed by atoms with van der Waals surface area (Å²) in [5.74, 6) is 2.18. The molecule has 2 aromatic carbocycles. The van der Waals surface area contributed by atoms with Crippen molar-refractivity contribution >= 4 is 16.8 Å². The molecular formula is C16H16ClNO3. The molecule has 0 aliphatic heterocycles. The van der Waals surface area contributed by atoms with E-state index < -0.39 is 0 Å². The summed E-state index contributed by atoms with van der Waals surface area (Å²) in [5, 5.41) is 11.6. The van der Waals surface area contributed by atoms with Gasteiger partial charge in [-0.3, -0.25) is 0 Å². The van der Waals surface area contributed by atoms with Crippen molar-refractivity contribution in [1.82, 2.24) is 0 Å². The van der Waals surface area contributed by atoms with E-state index >= 15 is 0 Å². The van der Waals surface area contributed by atoms with Crippen molar-refractivity contribution in [3.63, 3.8) is 0 Å². The Labute approximate surface area is 128 Å². The Morgan fingerprint density at radius 1 is 0.952 bits per heavy atom. The number of ether oxygens (including phenoxy) is 2.